The lowest BCUT2D eigenvalue weighted by molar-refractivity contribution is 0.259. The zero-order valence-electron chi connectivity index (χ0n) is 17.2. The van der Waals surface area contributed by atoms with E-state index in [4.69, 9.17) is 18.6 Å². The Balaban J connectivity index is 1.56. The van der Waals surface area contributed by atoms with Crippen LogP contribution in [0.4, 0.5) is 0 Å². The van der Waals surface area contributed by atoms with Crippen LogP contribution in [-0.2, 0) is 19.5 Å². The van der Waals surface area contributed by atoms with Crippen molar-refractivity contribution >= 4 is 0 Å². The third-order valence-electron chi connectivity index (χ3n) is 5.36. The highest BCUT2D eigenvalue weighted by molar-refractivity contribution is 5.59. The second-order valence-corrected chi connectivity index (χ2v) is 7.27. The van der Waals surface area contributed by atoms with Gasteiger partial charge in [0, 0.05) is 30.6 Å². The molecule has 152 valence electrons. The van der Waals surface area contributed by atoms with E-state index in [0.717, 1.165) is 55.1 Å². The zero-order chi connectivity index (χ0) is 20.2. The summed E-state index contributed by atoms with van der Waals surface area (Å²) < 4.78 is 22.6. The van der Waals surface area contributed by atoms with Gasteiger partial charge in [0.25, 0.3) is 0 Å². The number of ether oxygens (including phenoxy) is 3. The van der Waals surface area contributed by atoms with Gasteiger partial charge in [-0.25, -0.2) is 0 Å². The van der Waals surface area contributed by atoms with Crippen molar-refractivity contribution in [3.8, 4) is 28.6 Å². The predicted molar refractivity (Wildman–Crippen MR) is 113 cm³/mol. The summed E-state index contributed by atoms with van der Waals surface area (Å²) in [5, 5.41) is 0. The quantitative estimate of drug-likeness (QED) is 0.595. The van der Waals surface area contributed by atoms with Crippen molar-refractivity contribution in [3.05, 3.63) is 65.4 Å². The molecule has 0 saturated heterocycles. The fourth-order valence-electron chi connectivity index (χ4n) is 3.96. The maximum atomic E-state index is 6.19. The van der Waals surface area contributed by atoms with Crippen molar-refractivity contribution < 1.29 is 18.6 Å². The summed E-state index contributed by atoms with van der Waals surface area (Å²) in [4.78, 5) is 2.44. The Morgan fingerprint density at radius 2 is 1.66 bits per heavy atom. The second-order valence-electron chi connectivity index (χ2n) is 7.27. The predicted octanol–water partition coefficient (Wildman–Crippen LogP) is 4.92. The summed E-state index contributed by atoms with van der Waals surface area (Å²) in [5.74, 6) is 4.06. The minimum absolute atomic E-state index is 0.624. The zero-order valence-corrected chi connectivity index (χ0v) is 17.2. The van der Waals surface area contributed by atoms with Crippen molar-refractivity contribution in [2.24, 2.45) is 0 Å². The Kier molecular flexibility index (Phi) is 5.76. The molecule has 5 nitrogen and oxygen atoms in total. The molecule has 3 aromatic rings. The largest absolute Gasteiger partial charge is 0.493 e. The van der Waals surface area contributed by atoms with Crippen molar-refractivity contribution in [3.63, 3.8) is 0 Å². The molecule has 0 saturated carbocycles. The first-order valence-electron chi connectivity index (χ1n) is 9.90. The summed E-state index contributed by atoms with van der Waals surface area (Å²) in [7, 11) is 4.92. The Morgan fingerprint density at radius 1 is 0.931 bits per heavy atom. The highest BCUT2D eigenvalue weighted by Crippen LogP contribution is 2.39. The van der Waals surface area contributed by atoms with Gasteiger partial charge in [0.05, 0.1) is 21.3 Å². The van der Waals surface area contributed by atoms with E-state index in [2.05, 4.69) is 23.1 Å². The smallest absolute Gasteiger partial charge is 0.203 e. The van der Waals surface area contributed by atoms with E-state index in [9.17, 15) is 0 Å². The number of nitrogens with zero attached hydrogens (tertiary/aromatic N) is 1. The lowest BCUT2D eigenvalue weighted by Gasteiger charge is -2.21. The summed E-state index contributed by atoms with van der Waals surface area (Å²) in [5.41, 5.74) is 3.53. The molecule has 0 spiro atoms. The Hall–Kier alpha value is -2.92. The van der Waals surface area contributed by atoms with E-state index in [0.29, 0.717) is 17.2 Å². The molecular formula is C24H27NO4. The second kappa shape index (κ2) is 8.62. The van der Waals surface area contributed by atoms with Crippen LogP contribution in [0.25, 0.3) is 11.3 Å². The molecule has 4 rings (SSSR count). The molecule has 0 radical (unpaired) electrons. The number of aryl methyl sites for hydroxylation is 1. The average molecular weight is 393 g/mol. The van der Waals surface area contributed by atoms with Crippen LogP contribution in [0, 0.1) is 0 Å². The molecule has 2 aromatic carbocycles. The van der Waals surface area contributed by atoms with Gasteiger partial charge in [0.2, 0.25) is 5.75 Å². The molecule has 0 aliphatic carbocycles. The highest BCUT2D eigenvalue weighted by atomic mass is 16.5. The molecule has 0 amide bonds. The minimum atomic E-state index is 0.624. The number of hydrogen-bond acceptors (Lipinski definition) is 5. The Labute approximate surface area is 171 Å². The first-order chi connectivity index (χ1) is 14.2. The van der Waals surface area contributed by atoms with Gasteiger partial charge in [-0.1, -0.05) is 30.3 Å². The molecule has 1 aromatic heterocycles. The first-order valence-corrected chi connectivity index (χ1v) is 9.90. The number of benzene rings is 2. The molecule has 2 heterocycles. The van der Waals surface area contributed by atoms with Crippen LogP contribution in [0.1, 0.15) is 23.3 Å². The van der Waals surface area contributed by atoms with Gasteiger partial charge in [-0.3, -0.25) is 4.90 Å². The van der Waals surface area contributed by atoms with Crippen LogP contribution < -0.4 is 14.2 Å². The molecule has 0 bridgehead atoms. The SMILES string of the molecule is COc1cc(CN2CCCc3oc(-c4ccccc4)cc3C2)cc(OC)c1OC. The fraction of sp³-hybridized carbons (Fsp3) is 0.333. The summed E-state index contributed by atoms with van der Waals surface area (Å²) in [6, 6.07) is 16.5. The van der Waals surface area contributed by atoms with E-state index in [-0.39, 0.29) is 0 Å². The number of methoxy groups -OCH3 is 3. The lowest BCUT2D eigenvalue weighted by Crippen LogP contribution is -2.22. The first kappa shape index (κ1) is 19.4. The van der Waals surface area contributed by atoms with E-state index in [1.54, 1.807) is 21.3 Å². The van der Waals surface area contributed by atoms with Crippen LogP contribution in [0.15, 0.2) is 52.9 Å². The van der Waals surface area contributed by atoms with Gasteiger partial charge < -0.3 is 18.6 Å². The summed E-state index contributed by atoms with van der Waals surface area (Å²) >= 11 is 0. The topological polar surface area (TPSA) is 44.1 Å². The van der Waals surface area contributed by atoms with Gasteiger partial charge in [0.15, 0.2) is 11.5 Å². The lowest BCUT2D eigenvalue weighted by atomic mass is 10.1. The van der Waals surface area contributed by atoms with Gasteiger partial charge in [-0.05, 0) is 36.7 Å². The summed E-state index contributed by atoms with van der Waals surface area (Å²) in [6.45, 7) is 2.69. The standard InChI is InChI=1S/C24H27NO4/c1-26-22-12-17(13-23(27-2)24(22)28-3)15-25-11-7-10-20-19(16-25)14-21(29-20)18-8-5-4-6-9-18/h4-6,8-9,12-14H,7,10-11,15-16H2,1-3H3. The van der Waals surface area contributed by atoms with Gasteiger partial charge in [-0.15, -0.1) is 0 Å². The number of fused-ring (bicyclic) bond motifs is 1. The van der Waals surface area contributed by atoms with E-state index in [1.165, 1.54) is 5.56 Å². The van der Waals surface area contributed by atoms with Crippen molar-refractivity contribution in [2.45, 2.75) is 25.9 Å². The molecule has 1 aliphatic rings. The molecule has 29 heavy (non-hydrogen) atoms. The molecule has 1 aliphatic heterocycles. The van der Waals surface area contributed by atoms with Crippen molar-refractivity contribution in [1.29, 1.82) is 0 Å². The van der Waals surface area contributed by atoms with E-state index >= 15 is 0 Å². The number of furan rings is 1. The maximum Gasteiger partial charge on any atom is 0.203 e. The molecule has 0 N–H and O–H groups in total. The molecule has 0 atom stereocenters. The maximum absolute atomic E-state index is 6.19. The monoisotopic (exact) mass is 393 g/mol. The minimum Gasteiger partial charge on any atom is -0.493 e. The van der Waals surface area contributed by atoms with Crippen LogP contribution in [0.3, 0.4) is 0 Å². The van der Waals surface area contributed by atoms with Gasteiger partial charge in [-0.2, -0.15) is 0 Å². The van der Waals surface area contributed by atoms with Crippen LogP contribution >= 0.6 is 0 Å². The summed E-state index contributed by atoms with van der Waals surface area (Å²) in [6.07, 6.45) is 2.03. The molecule has 0 unspecified atom stereocenters. The number of hydrogen-bond donors (Lipinski definition) is 0. The molecular weight excluding hydrogens is 366 g/mol. The van der Waals surface area contributed by atoms with Crippen LogP contribution in [-0.4, -0.2) is 32.8 Å². The normalized spacial score (nSPS) is 14.2. The highest BCUT2D eigenvalue weighted by Gasteiger charge is 2.21. The third kappa shape index (κ3) is 4.10. The van der Waals surface area contributed by atoms with Crippen molar-refractivity contribution in [2.75, 3.05) is 27.9 Å². The van der Waals surface area contributed by atoms with E-state index < -0.39 is 0 Å². The number of rotatable bonds is 6. The van der Waals surface area contributed by atoms with Crippen LogP contribution in [0.2, 0.25) is 0 Å². The van der Waals surface area contributed by atoms with Crippen LogP contribution in [0.5, 0.6) is 17.2 Å². The van der Waals surface area contributed by atoms with Gasteiger partial charge in [0.1, 0.15) is 11.5 Å². The molecule has 0 fully saturated rings. The van der Waals surface area contributed by atoms with Crippen molar-refractivity contribution in [1.82, 2.24) is 4.90 Å². The molecule has 5 heteroatoms. The van der Waals surface area contributed by atoms with E-state index in [1.807, 2.05) is 30.3 Å². The Morgan fingerprint density at radius 3 is 2.31 bits per heavy atom. The van der Waals surface area contributed by atoms with Gasteiger partial charge >= 0.3 is 0 Å². The average Bonchev–Trinajstić information content (AvgIpc) is 3.06. The Bertz CT molecular complexity index is 939. The fourth-order valence-corrected chi connectivity index (χ4v) is 3.96. The third-order valence-corrected chi connectivity index (χ3v) is 5.36.